The molecule has 0 aromatic heterocycles. The predicted molar refractivity (Wildman–Crippen MR) is 99.8 cm³/mol. The summed E-state index contributed by atoms with van der Waals surface area (Å²) >= 11 is 0. The molecule has 0 rings (SSSR count). The Bertz CT molecular complexity index is 441. The summed E-state index contributed by atoms with van der Waals surface area (Å²) in [4.78, 5) is 10.2. The van der Waals surface area contributed by atoms with Crippen LogP contribution >= 0.6 is 0 Å². The van der Waals surface area contributed by atoms with E-state index in [0.717, 1.165) is 31.8 Å². The number of allylic oxidation sites excluding steroid dienone is 7. The summed E-state index contributed by atoms with van der Waals surface area (Å²) in [5.74, 6) is -3.45. The van der Waals surface area contributed by atoms with Gasteiger partial charge in [0.1, 0.15) is 0 Å². The van der Waals surface area contributed by atoms with Crippen molar-refractivity contribution in [3.05, 3.63) is 48.6 Å². The second-order valence-electron chi connectivity index (χ2n) is 6.04. The first kappa shape index (κ1) is 23.3. The number of aliphatic hydroxyl groups is 3. The number of carboxylic acid groups (broad SMARTS) is 1. The molecule has 0 aliphatic heterocycles. The third-order valence-electron chi connectivity index (χ3n) is 3.56. The van der Waals surface area contributed by atoms with Crippen LogP contribution in [-0.4, -0.2) is 32.4 Å². The van der Waals surface area contributed by atoms with E-state index in [9.17, 15) is 4.79 Å². The summed E-state index contributed by atoms with van der Waals surface area (Å²) in [5.41, 5.74) is 0. The molecular formula is C20H32O5. The van der Waals surface area contributed by atoms with Gasteiger partial charge in [-0.15, -0.1) is 0 Å². The van der Waals surface area contributed by atoms with Crippen LogP contribution < -0.4 is 0 Å². The molecule has 0 aromatic carbocycles. The van der Waals surface area contributed by atoms with Crippen molar-refractivity contribution in [2.75, 3.05) is 0 Å². The van der Waals surface area contributed by atoms with Gasteiger partial charge in [-0.1, -0.05) is 81.1 Å². The van der Waals surface area contributed by atoms with Crippen LogP contribution in [-0.2, 0) is 4.79 Å². The standard InChI is InChI=1S/C20H32O5/c21-19(22)17-15-13-11-9-7-5-3-1-2-4-6-8-10-12-14-16-18-20(23,24)25/h3,5,7,9,11,13,15,17,23-25H,1-2,4,6,8,10,12,14,16,18H2,(H,21,22). The smallest absolute Gasteiger partial charge is 0.328 e. The average molecular weight is 352 g/mol. The second kappa shape index (κ2) is 15.8. The molecule has 142 valence electrons. The highest BCUT2D eigenvalue weighted by atomic mass is 16.7. The molecule has 0 amide bonds. The summed E-state index contributed by atoms with van der Waals surface area (Å²) in [7, 11) is 0. The lowest BCUT2D eigenvalue weighted by molar-refractivity contribution is -0.315. The topological polar surface area (TPSA) is 98.0 Å². The van der Waals surface area contributed by atoms with E-state index in [-0.39, 0.29) is 6.42 Å². The molecule has 0 saturated carbocycles. The highest BCUT2D eigenvalue weighted by molar-refractivity contribution is 5.80. The van der Waals surface area contributed by atoms with Gasteiger partial charge in [-0.25, -0.2) is 4.79 Å². The number of unbranched alkanes of at least 4 members (excludes halogenated alkanes) is 8. The maximum Gasteiger partial charge on any atom is 0.328 e. The molecule has 0 atom stereocenters. The first-order valence-corrected chi connectivity index (χ1v) is 8.98. The van der Waals surface area contributed by atoms with Gasteiger partial charge in [0.15, 0.2) is 0 Å². The molecule has 0 aliphatic rings. The Balaban J connectivity index is 3.36. The molecule has 0 radical (unpaired) electrons. The minimum atomic E-state index is -2.50. The molecule has 0 aliphatic carbocycles. The SMILES string of the molecule is O=C(O)C=CC=CC=CC=CCCCCCCCCCCC(O)(O)O. The van der Waals surface area contributed by atoms with E-state index in [4.69, 9.17) is 20.4 Å². The van der Waals surface area contributed by atoms with Gasteiger partial charge >= 0.3 is 5.97 Å². The summed E-state index contributed by atoms with van der Waals surface area (Å²) < 4.78 is 0. The van der Waals surface area contributed by atoms with Crippen LogP contribution in [0.1, 0.15) is 64.2 Å². The van der Waals surface area contributed by atoms with Crippen molar-refractivity contribution in [3.8, 4) is 0 Å². The van der Waals surface area contributed by atoms with Crippen LogP contribution in [0.5, 0.6) is 0 Å². The van der Waals surface area contributed by atoms with Gasteiger partial charge in [0.2, 0.25) is 0 Å². The highest BCUT2D eigenvalue weighted by Crippen LogP contribution is 2.13. The van der Waals surface area contributed by atoms with Crippen LogP contribution in [0.3, 0.4) is 0 Å². The molecule has 25 heavy (non-hydrogen) atoms. The Morgan fingerprint density at radius 2 is 1.16 bits per heavy atom. The number of hydrogen-bond donors (Lipinski definition) is 4. The van der Waals surface area contributed by atoms with Crippen molar-refractivity contribution >= 4 is 5.97 Å². The van der Waals surface area contributed by atoms with Gasteiger partial charge in [0, 0.05) is 12.5 Å². The number of carbonyl (C=O) groups is 1. The summed E-state index contributed by atoms with van der Waals surface area (Å²) in [6.45, 7) is 0. The average Bonchev–Trinajstić information content (AvgIpc) is 2.52. The summed E-state index contributed by atoms with van der Waals surface area (Å²) in [5, 5.41) is 34.6. The van der Waals surface area contributed by atoms with Crippen molar-refractivity contribution < 1.29 is 25.2 Å². The van der Waals surface area contributed by atoms with E-state index in [1.807, 2.05) is 18.2 Å². The van der Waals surface area contributed by atoms with E-state index >= 15 is 0 Å². The van der Waals surface area contributed by atoms with Crippen LogP contribution in [0, 0.1) is 0 Å². The van der Waals surface area contributed by atoms with E-state index in [2.05, 4.69) is 6.08 Å². The maximum absolute atomic E-state index is 10.2. The Morgan fingerprint density at radius 3 is 1.72 bits per heavy atom. The van der Waals surface area contributed by atoms with E-state index in [0.29, 0.717) is 6.42 Å². The van der Waals surface area contributed by atoms with Crippen molar-refractivity contribution in [2.24, 2.45) is 0 Å². The van der Waals surface area contributed by atoms with Gasteiger partial charge < -0.3 is 20.4 Å². The first-order chi connectivity index (χ1) is 11.9. The van der Waals surface area contributed by atoms with Crippen molar-refractivity contribution in [2.45, 2.75) is 70.2 Å². The zero-order chi connectivity index (χ0) is 18.8. The third kappa shape index (κ3) is 22.3. The zero-order valence-electron chi connectivity index (χ0n) is 14.9. The molecule has 0 saturated heterocycles. The monoisotopic (exact) mass is 352 g/mol. The Hall–Kier alpha value is -1.69. The molecule has 0 fully saturated rings. The minimum absolute atomic E-state index is 0.0165. The fraction of sp³-hybridized carbons (Fsp3) is 0.550. The van der Waals surface area contributed by atoms with Crippen molar-refractivity contribution in [3.63, 3.8) is 0 Å². The number of aliphatic carboxylic acids is 1. The predicted octanol–water partition coefficient (Wildman–Crippen LogP) is 3.83. The van der Waals surface area contributed by atoms with Gasteiger partial charge in [-0.05, 0) is 19.3 Å². The Morgan fingerprint density at radius 1 is 0.680 bits per heavy atom. The van der Waals surface area contributed by atoms with E-state index < -0.39 is 11.9 Å². The van der Waals surface area contributed by atoms with Crippen LogP contribution in [0.25, 0.3) is 0 Å². The lowest BCUT2D eigenvalue weighted by Gasteiger charge is -2.12. The molecule has 0 bridgehead atoms. The van der Waals surface area contributed by atoms with Gasteiger partial charge in [0.05, 0.1) is 0 Å². The summed E-state index contributed by atoms with van der Waals surface area (Å²) in [6.07, 6.45) is 23.5. The van der Waals surface area contributed by atoms with Crippen molar-refractivity contribution in [1.82, 2.24) is 0 Å². The molecule has 0 heterocycles. The Labute approximate surface area is 150 Å². The maximum atomic E-state index is 10.2. The Kier molecular flexibility index (Phi) is 14.7. The lowest BCUT2D eigenvalue weighted by atomic mass is 10.1. The normalized spacial score (nSPS) is 13.1. The third-order valence-corrected chi connectivity index (χ3v) is 3.56. The minimum Gasteiger partial charge on any atom is -0.478 e. The van der Waals surface area contributed by atoms with Gasteiger partial charge in [0.25, 0.3) is 5.97 Å². The molecular weight excluding hydrogens is 320 g/mol. The van der Waals surface area contributed by atoms with Gasteiger partial charge in [-0.3, -0.25) is 0 Å². The fourth-order valence-corrected chi connectivity index (χ4v) is 2.25. The number of hydrogen-bond acceptors (Lipinski definition) is 4. The van der Waals surface area contributed by atoms with Gasteiger partial charge in [-0.2, -0.15) is 0 Å². The molecule has 0 unspecified atom stereocenters. The molecule has 5 heteroatoms. The van der Waals surface area contributed by atoms with E-state index in [1.165, 1.54) is 31.8 Å². The summed E-state index contributed by atoms with van der Waals surface area (Å²) in [6, 6.07) is 0. The van der Waals surface area contributed by atoms with Crippen LogP contribution in [0.2, 0.25) is 0 Å². The number of rotatable bonds is 15. The molecule has 5 nitrogen and oxygen atoms in total. The van der Waals surface area contributed by atoms with E-state index in [1.54, 1.807) is 12.2 Å². The van der Waals surface area contributed by atoms with Crippen LogP contribution in [0.15, 0.2) is 48.6 Å². The molecule has 4 N–H and O–H groups in total. The molecule has 0 spiro atoms. The molecule has 0 aromatic rings. The number of carboxylic acids is 1. The first-order valence-electron chi connectivity index (χ1n) is 8.98. The second-order valence-corrected chi connectivity index (χ2v) is 6.04. The van der Waals surface area contributed by atoms with Crippen molar-refractivity contribution in [1.29, 1.82) is 0 Å². The fourth-order valence-electron chi connectivity index (χ4n) is 2.25. The quantitative estimate of drug-likeness (QED) is 0.155. The zero-order valence-corrected chi connectivity index (χ0v) is 14.9. The van der Waals surface area contributed by atoms with Crippen LogP contribution in [0.4, 0.5) is 0 Å². The lowest BCUT2D eigenvalue weighted by Crippen LogP contribution is -2.26. The highest BCUT2D eigenvalue weighted by Gasteiger charge is 2.16. The largest absolute Gasteiger partial charge is 0.478 e.